The van der Waals surface area contributed by atoms with Crippen molar-refractivity contribution in [2.45, 2.75) is 39.2 Å². The zero-order chi connectivity index (χ0) is 13.0. The first-order valence-corrected chi connectivity index (χ1v) is 7.39. The SMILES string of the molecule is CC1CCN(CCC(=O)N2CCNCC2)C(C)C1. The molecule has 2 aliphatic heterocycles. The van der Waals surface area contributed by atoms with Gasteiger partial charge in [0, 0.05) is 45.2 Å². The highest BCUT2D eigenvalue weighted by Crippen LogP contribution is 2.22. The van der Waals surface area contributed by atoms with Crippen molar-refractivity contribution in [2.75, 3.05) is 39.3 Å². The number of nitrogens with zero attached hydrogens (tertiary/aromatic N) is 2. The number of nitrogens with one attached hydrogen (secondary N) is 1. The third-order valence-electron chi connectivity index (χ3n) is 4.36. The predicted molar refractivity (Wildman–Crippen MR) is 73.5 cm³/mol. The number of rotatable bonds is 3. The Morgan fingerprint density at radius 2 is 1.94 bits per heavy atom. The Kier molecular flexibility index (Phi) is 5.01. The molecule has 0 aromatic rings. The Balaban J connectivity index is 1.71. The molecule has 0 aliphatic carbocycles. The first kappa shape index (κ1) is 13.8. The molecule has 2 rings (SSSR count). The summed E-state index contributed by atoms with van der Waals surface area (Å²) >= 11 is 0. The van der Waals surface area contributed by atoms with E-state index < -0.39 is 0 Å². The summed E-state index contributed by atoms with van der Waals surface area (Å²) in [4.78, 5) is 16.6. The van der Waals surface area contributed by atoms with Gasteiger partial charge in [0.1, 0.15) is 0 Å². The average molecular weight is 253 g/mol. The third-order valence-corrected chi connectivity index (χ3v) is 4.36. The van der Waals surface area contributed by atoms with Gasteiger partial charge in [0.2, 0.25) is 5.91 Å². The summed E-state index contributed by atoms with van der Waals surface area (Å²) in [5, 5.41) is 3.28. The highest BCUT2D eigenvalue weighted by atomic mass is 16.2. The van der Waals surface area contributed by atoms with E-state index in [1.807, 2.05) is 4.90 Å². The van der Waals surface area contributed by atoms with E-state index in [-0.39, 0.29) is 0 Å². The number of hydrogen-bond donors (Lipinski definition) is 1. The highest BCUT2D eigenvalue weighted by Gasteiger charge is 2.24. The first-order valence-electron chi connectivity index (χ1n) is 7.39. The van der Waals surface area contributed by atoms with Crippen molar-refractivity contribution in [3.05, 3.63) is 0 Å². The van der Waals surface area contributed by atoms with Crippen molar-refractivity contribution in [3.8, 4) is 0 Å². The van der Waals surface area contributed by atoms with E-state index in [1.54, 1.807) is 0 Å². The van der Waals surface area contributed by atoms with Crippen LogP contribution in [-0.4, -0.2) is 61.0 Å². The molecule has 0 saturated carbocycles. The van der Waals surface area contributed by atoms with Crippen molar-refractivity contribution in [2.24, 2.45) is 5.92 Å². The molecule has 18 heavy (non-hydrogen) atoms. The van der Waals surface area contributed by atoms with Crippen LogP contribution in [0.1, 0.15) is 33.1 Å². The molecule has 2 aliphatic rings. The molecule has 4 nitrogen and oxygen atoms in total. The van der Waals surface area contributed by atoms with Crippen molar-refractivity contribution in [1.29, 1.82) is 0 Å². The summed E-state index contributed by atoms with van der Waals surface area (Å²) in [7, 11) is 0. The second-order valence-corrected chi connectivity index (χ2v) is 5.90. The molecule has 0 aromatic heterocycles. The molecular weight excluding hydrogens is 226 g/mol. The monoisotopic (exact) mass is 253 g/mol. The smallest absolute Gasteiger partial charge is 0.223 e. The van der Waals surface area contributed by atoms with Gasteiger partial charge in [0.15, 0.2) is 0 Å². The van der Waals surface area contributed by atoms with E-state index in [2.05, 4.69) is 24.1 Å². The van der Waals surface area contributed by atoms with Crippen LogP contribution in [0.5, 0.6) is 0 Å². The molecule has 104 valence electrons. The minimum Gasteiger partial charge on any atom is -0.340 e. The van der Waals surface area contributed by atoms with Crippen LogP contribution in [0, 0.1) is 5.92 Å². The quantitative estimate of drug-likeness (QED) is 0.813. The van der Waals surface area contributed by atoms with Crippen LogP contribution in [0.25, 0.3) is 0 Å². The van der Waals surface area contributed by atoms with Crippen LogP contribution in [0.15, 0.2) is 0 Å². The van der Waals surface area contributed by atoms with Gasteiger partial charge in [-0.25, -0.2) is 0 Å². The van der Waals surface area contributed by atoms with Crippen LogP contribution < -0.4 is 5.32 Å². The van der Waals surface area contributed by atoms with E-state index in [0.29, 0.717) is 18.4 Å². The lowest BCUT2D eigenvalue weighted by Gasteiger charge is -2.37. The fourth-order valence-corrected chi connectivity index (χ4v) is 3.10. The fourth-order valence-electron chi connectivity index (χ4n) is 3.10. The van der Waals surface area contributed by atoms with Gasteiger partial charge in [0.05, 0.1) is 0 Å². The Labute approximate surface area is 111 Å². The van der Waals surface area contributed by atoms with Gasteiger partial charge >= 0.3 is 0 Å². The molecule has 0 radical (unpaired) electrons. The molecule has 2 heterocycles. The maximum absolute atomic E-state index is 12.1. The second kappa shape index (κ2) is 6.53. The van der Waals surface area contributed by atoms with Crippen LogP contribution in [0.3, 0.4) is 0 Å². The van der Waals surface area contributed by atoms with E-state index in [9.17, 15) is 4.79 Å². The van der Waals surface area contributed by atoms with Gasteiger partial charge in [-0.15, -0.1) is 0 Å². The topological polar surface area (TPSA) is 35.6 Å². The van der Waals surface area contributed by atoms with Gasteiger partial charge in [-0.1, -0.05) is 6.92 Å². The van der Waals surface area contributed by atoms with Crippen molar-refractivity contribution in [1.82, 2.24) is 15.1 Å². The summed E-state index contributed by atoms with van der Waals surface area (Å²) in [6.07, 6.45) is 3.26. The number of likely N-dealkylation sites (tertiary alicyclic amines) is 1. The van der Waals surface area contributed by atoms with Crippen molar-refractivity contribution >= 4 is 5.91 Å². The number of amides is 1. The zero-order valence-corrected chi connectivity index (χ0v) is 11.8. The summed E-state index contributed by atoms with van der Waals surface area (Å²) in [6.45, 7) is 10.4. The van der Waals surface area contributed by atoms with Gasteiger partial charge in [-0.3, -0.25) is 4.79 Å². The lowest BCUT2D eigenvalue weighted by Crippen LogP contribution is -2.48. The summed E-state index contributed by atoms with van der Waals surface area (Å²) in [5.41, 5.74) is 0. The van der Waals surface area contributed by atoms with Gasteiger partial charge < -0.3 is 15.1 Å². The molecule has 1 N–H and O–H groups in total. The first-order chi connectivity index (χ1) is 8.66. The molecule has 0 spiro atoms. The number of carbonyl (C=O) groups is 1. The molecule has 2 saturated heterocycles. The Morgan fingerprint density at radius 1 is 1.22 bits per heavy atom. The molecular formula is C14H27N3O. The maximum Gasteiger partial charge on any atom is 0.223 e. The number of piperazine rings is 1. The molecule has 0 bridgehead atoms. The van der Waals surface area contributed by atoms with Gasteiger partial charge in [0.25, 0.3) is 0 Å². The lowest BCUT2D eigenvalue weighted by molar-refractivity contribution is -0.132. The fraction of sp³-hybridized carbons (Fsp3) is 0.929. The molecule has 4 heteroatoms. The summed E-state index contributed by atoms with van der Waals surface area (Å²) in [5.74, 6) is 1.18. The van der Waals surface area contributed by atoms with E-state index in [0.717, 1.165) is 45.2 Å². The van der Waals surface area contributed by atoms with Crippen molar-refractivity contribution in [3.63, 3.8) is 0 Å². The molecule has 1 amide bonds. The van der Waals surface area contributed by atoms with E-state index >= 15 is 0 Å². The lowest BCUT2D eigenvalue weighted by atomic mass is 9.93. The van der Waals surface area contributed by atoms with Gasteiger partial charge in [-0.2, -0.15) is 0 Å². The predicted octanol–water partition coefficient (Wildman–Crippen LogP) is 0.929. The molecule has 0 aromatic carbocycles. The second-order valence-electron chi connectivity index (χ2n) is 5.90. The van der Waals surface area contributed by atoms with Crippen LogP contribution in [0.4, 0.5) is 0 Å². The normalized spacial score (nSPS) is 30.4. The van der Waals surface area contributed by atoms with E-state index in [1.165, 1.54) is 12.8 Å². The third kappa shape index (κ3) is 3.69. The van der Waals surface area contributed by atoms with Crippen LogP contribution in [0.2, 0.25) is 0 Å². The largest absolute Gasteiger partial charge is 0.340 e. The molecule has 2 atom stereocenters. The standard InChI is InChI=1S/C14H27N3O/c1-12-3-7-16(13(2)11-12)8-4-14(18)17-9-5-15-6-10-17/h12-13,15H,3-11H2,1-2H3. The zero-order valence-electron chi connectivity index (χ0n) is 11.8. The Morgan fingerprint density at radius 3 is 2.61 bits per heavy atom. The Bertz CT molecular complexity index is 276. The molecule has 2 fully saturated rings. The number of hydrogen-bond acceptors (Lipinski definition) is 3. The minimum absolute atomic E-state index is 0.335. The number of carbonyl (C=O) groups excluding carboxylic acids is 1. The van der Waals surface area contributed by atoms with Gasteiger partial charge in [-0.05, 0) is 32.2 Å². The Hall–Kier alpha value is -0.610. The minimum atomic E-state index is 0.335. The molecule has 2 unspecified atom stereocenters. The number of piperidine rings is 1. The maximum atomic E-state index is 12.1. The van der Waals surface area contributed by atoms with Crippen molar-refractivity contribution < 1.29 is 4.79 Å². The summed E-state index contributed by atoms with van der Waals surface area (Å²) in [6, 6.07) is 0.643. The summed E-state index contributed by atoms with van der Waals surface area (Å²) < 4.78 is 0. The van der Waals surface area contributed by atoms with Crippen LogP contribution >= 0.6 is 0 Å². The van der Waals surface area contributed by atoms with E-state index in [4.69, 9.17) is 0 Å². The average Bonchev–Trinajstić information content (AvgIpc) is 2.38. The highest BCUT2D eigenvalue weighted by molar-refractivity contribution is 5.76. The van der Waals surface area contributed by atoms with Crippen LogP contribution in [-0.2, 0) is 4.79 Å².